The van der Waals surface area contributed by atoms with Crippen molar-refractivity contribution in [3.8, 4) is 45.3 Å². The van der Waals surface area contributed by atoms with Crippen LogP contribution in [0.5, 0.6) is 23.0 Å². The molecule has 8 nitrogen and oxygen atoms in total. The van der Waals surface area contributed by atoms with Gasteiger partial charge in [0.1, 0.15) is 0 Å². The summed E-state index contributed by atoms with van der Waals surface area (Å²) >= 11 is 0. The lowest BCUT2D eigenvalue weighted by Gasteiger charge is -2.33. The van der Waals surface area contributed by atoms with Gasteiger partial charge in [0, 0.05) is 22.2 Å². The van der Waals surface area contributed by atoms with Gasteiger partial charge in [-0.1, -0.05) is 168 Å². The SMILES string of the molecule is CC(C)(C)c1cc(-c2c3nc(c(N4c5ccccc5Oc5ccccc54)c4ccc([nH]4)c(-c4cc(C(C)(C)C)cc(C(C)(C)C)c4)c4nc(c(N5c6ccccc6Oc6ccccc65)c5ccc2[nH]5)C=C4)C=C3)cc(C(C)(C)C)c1. The predicted octanol–water partition coefficient (Wildman–Crippen LogP) is 20.3. The molecule has 0 aliphatic carbocycles. The Kier molecular flexibility index (Phi) is 11.6. The van der Waals surface area contributed by atoms with Crippen LogP contribution in [0.2, 0.25) is 0 Å². The number of hydrogen-bond donors (Lipinski definition) is 2. The normalized spacial score (nSPS) is 13.8. The molecular formula is C72H68N6O2. The molecular weight excluding hydrogens is 981 g/mol. The number of benzene rings is 6. The van der Waals surface area contributed by atoms with Gasteiger partial charge >= 0.3 is 0 Å². The number of ether oxygens (including phenoxy) is 2. The second kappa shape index (κ2) is 18.3. The quantitative estimate of drug-likeness (QED) is 0.183. The number of aromatic nitrogens is 4. The fraction of sp³-hybridized carbons (Fsp3) is 0.222. The topological polar surface area (TPSA) is 82.3 Å². The number of H-pyrrole nitrogens is 2. The number of fused-ring (bicyclic) bond motifs is 12. The summed E-state index contributed by atoms with van der Waals surface area (Å²) in [5, 5.41) is 0. The van der Waals surface area contributed by atoms with E-state index in [9.17, 15) is 0 Å². The third kappa shape index (κ3) is 8.78. The molecule has 3 aromatic heterocycles. The first kappa shape index (κ1) is 50.6. The van der Waals surface area contributed by atoms with Crippen LogP contribution in [-0.4, -0.2) is 19.9 Å². The number of hydrogen-bond acceptors (Lipinski definition) is 6. The summed E-state index contributed by atoms with van der Waals surface area (Å²) in [6, 6.07) is 56.2. The van der Waals surface area contributed by atoms with Gasteiger partial charge in [-0.25, -0.2) is 9.97 Å². The first-order valence-electron chi connectivity index (χ1n) is 28.0. The molecule has 0 saturated heterocycles. The summed E-state index contributed by atoms with van der Waals surface area (Å²) in [5.74, 6) is 3.04. The van der Waals surface area contributed by atoms with E-state index in [1.54, 1.807) is 0 Å². The van der Waals surface area contributed by atoms with Crippen molar-refractivity contribution in [3.05, 3.63) is 203 Å². The average Bonchev–Trinajstić information content (AvgIpc) is 4.29. The van der Waals surface area contributed by atoms with Gasteiger partial charge in [-0.05, 0) is 152 Å². The molecule has 0 atom stereocenters. The molecule has 9 aromatic rings. The van der Waals surface area contributed by atoms with Crippen LogP contribution in [0.1, 0.15) is 128 Å². The molecule has 0 radical (unpaired) electrons. The molecule has 0 saturated carbocycles. The smallest absolute Gasteiger partial charge is 0.151 e. The van der Waals surface area contributed by atoms with Crippen LogP contribution in [0, 0.1) is 0 Å². The van der Waals surface area contributed by atoms with E-state index in [1.807, 2.05) is 48.5 Å². The van der Waals surface area contributed by atoms with Crippen molar-refractivity contribution in [2.24, 2.45) is 0 Å². The molecule has 0 unspecified atom stereocenters. The summed E-state index contributed by atoms with van der Waals surface area (Å²) in [5.41, 5.74) is 20.9. The lowest BCUT2D eigenvalue weighted by atomic mass is 9.78. The summed E-state index contributed by atoms with van der Waals surface area (Å²) in [6.45, 7) is 27.6. The Labute approximate surface area is 470 Å². The summed E-state index contributed by atoms with van der Waals surface area (Å²) in [7, 11) is 0. The van der Waals surface area contributed by atoms with E-state index < -0.39 is 0 Å². The molecule has 2 N–H and O–H groups in total. The highest BCUT2D eigenvalue weighted by Crippen LogP contribution is 2.55. The van der Waals surface area contributed by atoms with E-state index in [2.05, 4.69) is 236 Å². The molecule has 13 rings (SSSR count). The second-order valence-electron chi connectivity index (χ2n) is 25.8. The van der Waals surface area contributed by atoms with Gasteiger partial charge in [0.15, 0.2) is 23.0 Å². The molecule has 4 aliphatic heterocycles. The molecule has 8 heteroatoms. The minimum absolute atomic E-state index is 0.138. The van der Waals surface area contributed by atoms with Crippen molar-refractivity contribution in [1.82, 2.24) is 19.9 Å². The first-order valence-corrected chi connectivity index (χ1v) is 28.0. The lowest BCUT2D eigenvalue weighted by Crippen LogP contribution is -2.17. The van der Waals surface area contributed by atoms with Gasteiger partial charge in [-0.3, -0.25) is 9.80 Å². The Hall–Kier alpha value is -8.88. The average molecular weight is 1050 g/mol. The van der Waals surface area contributed by atoms with E-state index >= 15 is 0 Å². The highest BCUT2D eigenvalue weighted by atomic mass is 16.5. The van der Waals surface area contributed by atoms with Crippen molar-refractivity contribution in [3.63, 3.8) is 0 Å². The largest absolute Gasteiger partial charge is 0.453 e. The zero-order chi connectivity index (χ0) is 55.6. The van der Waals surface area contributed by atoms with Crippen LogP contribution >= 0.6 is 0 Å². The fourth-order valence-electron chi connectivity index (χ4n) is 11.4. The Morgan fingerprint density at radius 3 is 0.900 bits per heavy atom. The van der Waals surface area contributed by atoms with E-state index in [4.69, 9.17) is 19.4 Å². The maximum atomic E-state index is 6.67. The van der Waals surface area contributed by atoms with Crippen LogP contribution in [0.25, 0.3) is 68.6 Å². The predicted molar refractivity (Wildman–Crippen MR) is 334 cm³/mol. The Morgan fingerprint density at radius 2 is 0.600 bits per heavy atom. The summed E-state index contributed by atoms with van der Waals surface area (Å²) < 4.78 is 13.3. The maximum absolute atomic E-state index is 6.67. The number of aromatic amines is 2. The second-order valence-corrected chi connectivity index (χ2v) is 25.8. The van der Waals surface area contributed by atoms with Crippen molar-refractivity contribution < 1.29 is 9.47 Å². The van der Waals surface area contributed by atoms with E-state index in [0.29, 0.717) is 0 Å². The van der Waals surface area contributed by atoms with E-state index in [1.165, 1.54) is 22.3 Å². The Morgan fingerprint density at radius 1 is 0.325 bits per heavy atom. The highest BCUT2D eigenvalue weighted by Gasteiger charge is 2.33. The van der Waals surface area contributed by atoms with Crippen LogP contribution in [0.3, 0.4) is 0 Å². The summed E-state index contributed by atoms with van der Waals surface area (Å²) in [6.07, 6.45) is 8.75. The molecule has 4 aliphatic rings. The van der Waals surface area contributed by atoms with Crippen LogP contribution in [0.15, 0.2) is 158 Å². The minimum atomic E-state index is -0.138. The van der Waals surface area contributed by atoms with E-state index in [-0.39, 0.29) is 21.7 Å². The van der Waals surface area contributed by atoms with Gasteiger partial charge in [0.2, 0.25) is 0 Å². The molecule has 0 amide bonds. The molecule has 6 aromatic carbocycles. The van der Waals surface area contributed by atoms with Gasteiger partial charge in [0.25, 0.3) is 0 Å². The first-order chi connectivity index (χ1) is 38.2. The highest BCUT2D eigenvalue weighted by molar-refractivity contribution is 6.03. The van der Waals surface area contributed by atoms with Gasteiger partial charge < -0.3 is 19.4 Å². The fourth-order valence-corrected chi connectivity index (χ4v) is 11.4. The molecule has 80 heavy (non-hydrogen) atoms. The van der Waals surface area contributed by atoms with Gasteiger partial charge in [-0.2, -0.15) is 0 Å². The van der Waals surface area contributed by atoms with Crippen molar-refractivity contribution in [2.75, 3.05) is 9.80 Å². The number of nitrogens with zero attached hydrogens (tertiary/aromatic N) is 4. The molecule has 0 fully saturated rings. The third-order valence-corrected chi connectivity index (χ3v) is 15.9. The summed E-state index contributed by atoms with van der Waals surface area (Å²) in [4.78, 5) is 24.5. The van der Waals surface area contributed by atoms with Crippen LogP contribution in [0.4, 0.5) is 34.1 Å². The zero-order valence-electron chi connectivity index (χ0n) is 47.9. The van der Waals surface area contributed by atoms with Crippen molar-refractivity contribution in [2.45, 2.75) is 105 Å². The van der Waals surface area contributed by atoms with Gasteiger partial charge in [0.05, 0.1) is 67.9 Å². The Bertz CT molecular complexity index is 3830. The Balaban J connectivity index is 1.23. The maximum Gasteiger partial charge on any atom is 0.151 e. The zero-order valence-corrected chi connectivity index (χ0v) is 47.9. The molecule has 8 bridgehead atoms. The third-order valence-electron chi connectivity index (χ3n) is 15.9. The number of anilines is 6. The molecule has 398 valence electrons. The number of rotatable bonds is 4. The molecule has 7 heterocycles. The van der Waals surface area contributed by atoms with Gasteiger partial charge in [-0.15, -0.1) is 0 Å². The van der Waals surface area contributed by atoms with E-state index in [0.717, 1.165) is 124 Å². The van der Waals surface area contributed by atoms with Crippen molar-refractivity contribution >= 4 is 80.5 Å². The lowest BCUT2D eigenvalue weighted by molar-refractivity contribution is 0.477. The minimum Gasteiger partial charge on any atom is -0.453 e. The van der Waals surface area contributed by atoms with Crippen LogP contribution in [-0.2, 0) is 21.7 Å². The van der Waals surface area contributed by atoms with Crippen molar-refractivity contribution in [1.29, 1.82) is 0 Å². The monoisotopic (exact) mass is 1050 g/mol. The standard InChI is InChI=1S/C72H68N6O2/c1-69(2,3)45-37-43(38-46(41-45)70(4,5)6)65-49-29-33-53(73-49)67(77-57-21-13-17-25-61(57)79-62-26-18-14-22-58(62)77)55-35-31-51(75-55)66(44-39-47(71(7,8)9)42-48(40-44)72(10,11)12)52-32-36-56(76-52)68(54-34-30-50(65)74-54)78-59-23-15-19-27-63(59)80-64-28-20-16-24-60(64)78/h13-42,73,76H,1-12H3. The molecule has 0 spiro atoms. The number of para-hydroxylation sites is 8. The number of nitrogens with one attached hydrogen (secondary N) is 2. The van der Waals surface area contributed by atoms with Crippen LogP contribution < -0.4 is 19.3 Å².